The maximum absolute atomic E-state index is 7.57. The summed E-state index contributed by atoms with van der Waals surface area (Å²) in [6.45, 7) is 1.93. The maximum Gasteiger partial charge on any atom is -0.172 e. The Morgan fingerprint density at radius 2 is 1.64 bits per heavy atom. The Hall–Kier alpha value is 0.604. The van der Waals surface area contributed by atoms with E-state index in [0.29, 0.717) is 0 Å². The van der Waals surface area contributed by atoms with Crippen molar-refractivity contribution in [2.45, 2.75) is 6.92 Å². The molecule has 0 aliphatic carbocycles. The second kappa shape index (κ2) is 16.9. The summed E-state index contributed by atoms with van der Waals surface area (Å²) in [6.07, 6.45) is 0. The van der Waals surface area contributed by atoms with Crippen molar-refractivity contribution < 1.29 is 22.1 Å². The summed E-state index contributed by atoms with van der Waals surface area (Å²) in [4.78, 5) is 0. The summed E-state index contributed by atoms with van der Waals surface area (Å²) in [5, 5.41) is 7.57. The van der Waals surface area contributed by atoms with Crippen LogP contribution in [0.4, 0.5) is 0 Å². The van der Waals surface area contributed by atoms with Gasteiger partial charge >= 0.3 is 35.6 Å². The van der Waals surface area contributed by atoms with Gasteiger partial charge in [0.25, 0.3) is 0 Å². The Labute approximate surface area is 84.4 Å². The molecule has 0 atom stereocenters. The van der Waals surface area contributed by atoms with Crippen LogP contribution in [-0.2, 0) is 17.0 Å². The van der Waals surface area contributed by atoms with Crippen LogP contribution >= 0.6 is 18.6 Å². The van der Waals surface area contributed by atoms with Crippen LogP contribution in [0.25, 0.3) is 0 Å². The molecule has 1 rings (SSSR count). The van der Waals surface area contributed by atoms with E-state index in [1.807, 2.05) is 30.3 Å². The fourth-order valence-electron chi connectivity index (χ4n) is 0.321. The SMILES string of the molecule is CCO.[Cl][Ti][Cl].c1cc[cH-]c1. The molecule has 0 saturated carbocycles. The predicted octanol–water partition coefficient (Wildman–Crippen LogP) is 2.78. The van der Waals surface area contributed by atoms with Crippen LogP contribution in [0.2, 0.25) is 0 Å². The quantitative estimate of drug-likeness (QED) is 0.536. The topological polar surface area (TPSA) is 20.2 Å². The van der Waals surface area contributed by atoms with E-state index in [2.05, 4.69) is 0 Å². The van der Waals surface area contributed by atoms with Gasteiger partial charge in [0.1, 0.15) is 0 Å². The summed E-state index contributed by atoms with van der Waals surface area (Å²) in [5.74, 6) is 0. The van der Waals surface area contributed by atoms with Crippen LogP contribution in [0.1, 0.15) is 6.92 Å². The van der Waals surface area contributed by atoms with E-state index < -0.39 is 17.0 Å². The Balaban J connectivity index is 0. The van der Waals surface area contributed by atoms with Crippen molar-refractivity contribution in [2.75, 3.05) is 6.61 Å². The minimum atomic E-state index is -0.556. The fourth-order valence-corrected chi connectivity index (χ4v) is 0.321. The first-order valence-electron chi connectivity index (χ1n) is 3.07. The normalized spacial score (nSPS) is 6.55. The third-order valence-electron chi connectivity index (χ3n) is 0.556. The van der Waals surface area contributed by atoms with E-state index in [-0.39, 0.29) is 6.61 Å². The zero-order chi connectivity index (χ0) is 8.95. The number of aliphatic hydroxyl groups is 1. The maximum atomic E-state index is 7.57. The Morgan fingerprint density at radius 3 is 1.73 bits per heavy atom. The van der Waals surface area contributed by atoms with Crippen LogP contribution < -0.4 is 0 Å². The molecule has 64 valence electrons. The molecule has 4 heteroatoms. The van der Waals surface area contributed by atoms with E-state index in [4.69, 9.17) is 23.7 Å². The predicted molar refractivity (Wildman–Crippen MR) is 46.5 cm³/mol. The third-order valence-corrected chi connectivity index (χ3v) is 0.556. The van der Waals surface area contributed by atoms with Crippen molar-refractivity contribution in [1.82, 2.24) is 0 Å². The second-order valence-corrected chi connectivity index (χ2v) is 3.93. The summed E-state index contributed by atoms with van der Waals surface area (Å²) in [6, 6.07) is 10.0. The molecule has 0 radical (unpaired) electrons. The molecule has 0 saturated heterocycles. The molecule has 1 nitrogen and oxygen atoms in total. The van der Waals surface area contributed by atoms with Crippen LogP contribution in [0.15, 0.2) is 30.3 Å². The molecule has 1 N–H and O–H groups in total. The van der Waals surface area contributed by atoms with Crippen LogP contribution in [-0.4, -0.2) is 11.7 Å². The van der Waals surface area contributed by atoms with Crippen molar-refractivity contribution in [2.24, 2.45) is 0 Å². The number of halogens is 2. The van der Waals surface area contributed by atoms with E-state index in [0.717, 1.165) is 0 Å². The summed E-state index contributed by atoms with van der Waals surface area (Å²) < 4.78 is 0. The van der Waals surface area contributed by atoms with E-state index in [1.165, 1.54) is 0 Å². The van der Waals surface area contributed by atoms with Crippen molar-refractivity contribution in [1.29, 1.82) is 0 Å². The van der Waals surface area contributed by atoms with Gasteiger partial charge in [-0.3, -0.25) is 0 Å². The zero-order valence-electron chi connectivity index (χ0n) is 6.30. The summed E-state index contributed by atoms with van der Waals surface area (Å²) in [7, 11) is 9.78. The molecule has 11 heavy (non-hydrogen) atoms. The Bertz CT molecular complexity index is 92.0. The van der Waals surface area contributed by atoms with Gasteiger partial charge in [0.2, 0.25) is 0 Å². The van der Waals surface area contributed by atoms with Crippen LogP contribution in [0, 0.1) is 0 Å². The molecule has 0 amide bonds. The van der Waals surface area contributed by atoms with Crippen LogP contribution in [0.5, 0.6) is 0 Å². The van der Waals surface area contributed by atoms with Crippen molar-refractivity contribution >= 4 is 18.6 Å². The van der Waals surface area contributed by atoms with E-state index in [9.17, 15) is 0 Å². The smallest absolute Gasteiger partial charge is 0.172 e. The molecule has 0 aliphatic rings. The number of rotatable bonds is 0. The van der Waals surface area contributed by atoms with Gasteiger partial charge in [0.15, 0.2) is 0 Å². The number of aliphatic hydroxyl groups excluding tert-OH is 1. The summed E-state index contributed by atoms with van der Waals surface area (Å²) in [5.41, 5.74) is 0. The van der Waals surface area contributed by atoms with Crippen molar-refractivity contribution in [3.8, 4) is 0 Å². The minimum Gasteiger partial charge on any atom is -0.214 e. The Kier molecular flexibility index (Phi) is 21.8. The summed E-state index contributed by atoms with van der Waals surface area (Å²) >= 11 is -0.556. The van der Waals surface area contributed by atoms with Gasteiger partial charge in [0, 0.05) is 6.61 Å². The molecular formula is C7H11Cl2OTi-. The molecule has 0 heterocycles. The average Bonchev–Trinajstić information content (AvgIpc) is 2.44. The molecule has 0 aromatic heterocycles. The van der Waals surface area contributed by atoms with Gasteiger partial charge in [-0.25, -0.2) is 12.1 Å². The largest absolute Gasteiger partial charge is 0.214 e. The monoisotopic (exact) mass is 229 g/mol. The van der Waals surface area contributed by atoms with Gasteiger partial charge < -0.3 is 5.11 Å². The van der Waals surface area contributed by atoms with Gasteiger partial charge in [-0.1, -0.05) is 0 Å². The fraction of sp³-hybridized carbons (Fsp3) is 0.286. The third kappa shape index (κ3) is 25.0. The standard InChI is InChI=1S/C5H5.C2H6O.2ClH.Ti/c1-2-4-5-3-1;1-2-3;;;/h1-5H;3H,2H2,1H3;2*1H;/q-1;;;;+2/p-2. The second-order valence-electron chi connectivity index (χ2n) is 1.35. The molecule has 0 unspecified atom stereocenters. The molecule has 0 spiro atoms. The first kappa shape index (κ1) is 14.1. The van der Waals surface area contributed by atoms with E-state index >= 15 is 0 Å². The minimum absolute atomic E-state index is 0.250. The van der Waals surface area contributed by atoms with Gasteiger partial charge in [-0.2, -0.15) is 18.2 Å². The van der Waals surface area contributed by atoms with Crippen molar-refractivity contribution in [3.05, 3.63) is 30.3 Å². The molecule has 1 aromatic rings. The first-order valence-corrected chi connectivity index (χ1v) is 7.37. The van der Waals surface area contributed by atoms with Crippen molar-refractivity contribution in [3.63, 3.8) is 0 Å². The van der Waals surface area contributed by atoms with E-state index in [1.54, 1.807) is 6.92 Å². The van der Waals surface area contributed by atoms with Gasteiger partial charge in [-0.15, -0.1) is 0 Å². The molecule has 1 aromatic carbocycles. The molecule has 0 aliphatic heterocycles. The number of hydrogen-bond donors (Lipinski definition) is 1. The molecule has 0 fully saturated rings. The first-order chi connectivity index (χ1) is 5.33. The Morgan fingerprint density at radius 1 is 1.36 bits per heavy atom. The zero-order valence-corrected chi connectivity index (χ0v) is 9.37. The molecular weight excluding hydrogens is 219 g/mol. The molecule has 0 bridgehead atoms. The van der Waals surface area contributed by atoms with Crippen LogP contribution in [0.3, 0.4) is 0 Å². The van der Waals surface area contributed by atoms with Gasteiger partial charge in [-0.05, 0) is 6.92 Å². The average molecular weight is 230 g/mol. The number of hydrogen-bond acceptors (Lipinski definition) is 1. The van der Waals surface area contributed by atoms with Gasteiger partial charge in [0.05, 0.1) is 0 Å².